The highest BCUT2D eigenvalue weighted by Crippen LogP contribution is 2.30. The summed E-state index contributed by atoms with van der Waals surface area (Å²) in [6, 6.07) is 7.04. The molecule has 0 aliphatic rings. The van der Waals surface area contributed by atoms with E-state index in [9.17, 15) is 19.7 Å². The molecule has 0 fully saturated rings. The van der Waals surface area contributed by atoms with Crippen LogP contribution >= 0.6 is 11.6 Å². The molecule has 0 atom stereocenters. The van der Waals surface area contributed by atoms with Crippen LogP contribution in [0.3, 0.4) is 0 Å². The van der Waals surface area contributed by atoms with E-state index in [2.05, 4.69) is 10.1 Å². The lowest BCUT2D eigenvalue weighted by molar-refractivity contribution is -0.384. The van der Waals surface area contributed by atoms with E-state index < -0.39 is 16.8 Å². The average molecular weight is 391 g/mol. The van der Waals surface area contributed by atoms with Crippen LogP contribution in [0.5, 0.6) is 0 Å². The standard InChI is InChI=1S/C19H19ClN2O5/c1-4-11-6-7-16(20)15(5-2)17(11)21-18(23)12-8-13(19(24)27-3)10-14(9-12)22(25)26/h6-10H,4-5H2,1-3H3,(H,21,23). The fraction of sp³-hybridized carbons (Fsp3) is 0.263. The topological polar surface area (TPSA) is 98.5 Å². The van der Waals surface area contributed by atoms with Gasteiger partial charge >= 0.3 is 5.97 Å². The van der Waals surface area contributed by atoms with E-state index in [0.29, 0.717) is 23.6 Å². The Morgan fingerprint density at radius 2 is 1.81 bits per heavy atom. The molecule has 27 heavy (non-hydrogen) atoms. The van der Waals surface area contributed by atoms with E-state index >= 15 is 0 Å². The molecule has 0 heterocycles. The summed E-state index contributed by atoms with van der Waals surface area (Å²) in [4.78, 5) is 35.0. The summed E-state index contributed by atoms with van der Waals surface area (Å²) in [5.74, 6) is -1.34. The summed E-state index contributed by atoms with van der Waals surface area (Å²) in [7, 11) is 1.16. The number of amides is 1. The second-order valence-electron chi connectivity index (χ2n) is 5.74. The minimum absolute atomic E-state index is 0.0197. The van der Waals surface area contributed by atoms with Crippen molar-refractivity contribution in [3.63, 3.8) is 0 Å². The van der Waals surface area contributed by atoms with Gasteiger partial charge in [0.2, 0.25) is 0 Å². The highest BCUT2D eigenvalue weighted by Gasteiger charge is 2.20. The predicted octanol–water partition coefficient (Wildman–Crippen LogP) is 4.41. The molecule has 142 valence electrons. The van der Waals surface area contributed by atoms with Crippen molar-refractivity contribution >= 4 is 34.9 Å². The van der Waals surface area contributed by atoms with Crippen LogP contribution in [0.2, 0.25) is 5.02 Å². The van der Waals surface area contributed by atoms with E-state index in [-0.39, 0.29) is 16.8 Å². The first-order valence-electron chi connectivity index (χ1n) is 8.31. The average Bonchev–Trinajstić information content (AvgIpc) is 2.67. The van der Waals surface area contributed by atoms with Crippen molar-refractivity contribution in [2.24, 2.45) is 0 Å². The summed E-state index contributed by atoms with van der Waals surface area (Å²) in [6.07, 6.45) is 1.27. The number of esters is 1. The molecule has 2 aromatic carbocycles. The van der Waals surface area contributed by atoms with Gasteiger partial charge in [-0.3, -0.25) is 14.9 Å². The van der Waals surface area contributed by atoms with Gasteiger partial charge in [-0.1, -0.05) is 31.5 Å². The zero-order chi connectivity index (χ0) is 20.1. The maximum atomic E-state index is 12.8. The number of anilines is 1. The van der Waals surface area contributed by atoms with Gasteiger partial charge in [-0.15, -0.1) is 0 Å². The highest BCUT2D eigenvalue weighted by molar-refractivity contribution is 6.32. The zero-order valence-corrected chi connectivity index (χ0v) is 15.9. The fourth-order valence-electron chi connectivity index (χ4n) is 2.74. The highest BCUT2D eigenvalue weighted by atomic mass is 35.5. The molecular formula is C19H19ClN2O5. The Hall–Kier alpha value is -2.93. The molecule has 0 aromatic heterocycles. The summed E-state index contributed by atoms with van der Waals surface area (Å²) in [5.41, 5.74) is 1.79. The Morgan fingerprint density at radius 3 is 2.37 bits per heavy atom. The lowest BCUT2D eigenvalue weighted by atomic mass is 10.0. The Labute approximate surface area is 161 Å². The fourth-order valence-corrected chi connectivity index (χ4v) is 3.03. The molecule has 0 unspecified atom stereocenters. The molecule has 0 saturated carbocycles. The van der Waals surface area contributed by atoms with Crippen LogP contribution in [-0.2, 0) is 17.6 Å². The predicted molar refractivity (Wildman–Crippen MR) is 103 cm³/mol. The van der Waals surface area contributed by atoms with Crippen LogP contribution in [0.25, 0.3) is 0 Å². The van der Waals surface area contributed by atoms with Gasteiger partial charge in [0.25, 0.3) is 11.6 Å². The number of nitro groups is 1. The van der Waals surface area contributed by atoms with Gasteiger partial charge in [-0.05, 0) is 36.1 Å². The van der Waals surface area contributed by atoms with Crippen LogP contribution in [0.15, 0.2) is 30.3 Å². The quantitative estimate of drug-likeness (QED) is 0.447. The van der Waals surface area contributed by atoms with Gasteiger partial charge in [-0.2, -0.15) is 0 Å². The number of hydrogen-bond acceptors (Lipinski definition) is 5. The first-order chi connectivity index (χ1) is 12.8. The van der Waals surface area contributed by atoms with Crippen molar-refractivity contribution in [2.45, 2.75) is 26.7 Å². The summed E-state index contributed by atoms with van der Waals surface area (Å²) in [6.45, 7) is 3.86. The molecular weight excluding hydrogens is 372 g/mol. The van der Waals surface area contributed by atoms with Crippen molar-refractivity contribution < 1.29 is 19.2 Å². The second kappa shape index (κ2) is 8.64. The number of aryl methyl sites for hydroxylation is 1. The van der Waals surface area contributed by atoms with Gasteiger partial charge in [0.05, 0.1) is 17.6 Å². The maximum absolute atomic E-state index is 12.8. The number of rotatable bonds is 6. The van der Waals surface area contributed by atoms with Crippen LogP contribution < -0.4 is 5.32 Å². The molecule has 8 heteroatoms. The molecule has 0 aliphatic heterocycles. The molecule has 0 spiro atoms. The molecule has 0 aliphatic carbocycles. The number of hydrogen-bond donors (Lipinski definition) is 1. The number of carbonyl (C=O) groups is 2. The van der Waals surface area contributed by atoms with Gasteiger partial charge < -0.3 is 10.1 Å². The van der Waals surface area contributed by atoms with Crippen molar-refractivity contribution in [3.05, 3.63) is 67.7 Å². The minimum atomic E-state index is -0.765. The molecule has 0 saturated heterocycles. The Bertz CT molecular complexity index is 911. The molecule has 7 nitrogen and oxygen atoms in total. The first-order valence-corrected chi connectivity index (χ1v) is 8.69. The number of carbonyl (C=O) groups excluding carboxylic acids is 2. The smallest absolute Gasteiger partial charge is 0.338 e. The second-order valence-corrected chi connectivity index (χ2v) is 6.15. The van der Waals surface area contributed by atoms with Gasteiger partial charge in [0, 0.05) is 28.4 Å². The number of nitro benzene ring substituents is 1. The third-order valence-electron chi connectivity index (χ3n) is 4.13. The van der Waals surface area contributed by atoms with Crippen molar-refractivity contribution in [1.29, 1.82) is 0 Å². The van der Waals surface area contributed by atoms with Crippen LogP contribution in [0.4, 0.5) is 11.4 Å². The Morgan fingerprint density at radius 1 is 1.15 bits per heavy atom. The molecule has 1 N–H and O–H groups in total. The molecule has 1 amide bonds. The third kappa shape index (κ3) is 4.43. The summed E-state index contributed by atoms with van der Waals surface area (Å²) >= 11 is 6.24. The SMILES string of the molecule is CCc1ccc(Cl)c(CC)c1NC(=O)c1cc(C(=O)OC)cc([N+](=O)[O-])c1. The van der Waals surface area contributed by atoms with Gasteiger partial charge in [0.15, 0.2) is 0 Å². The molecule has 2 aromatic rings. The lowest BCUT2D eigenvalue weighted by Crippen LogP contribution is -2.16. The number of ether oxygens (including phenoxy) is 1. The summed E-state index contributed by atoms with van der Waals surface area (Å²) in [5, 5.41) is 14.5. The third-order valence-corrected chi connectivity index (χ3v) is 4.48. The van der Waals surface area contributed by atoms with Gasteiger partial charge in [-0.25, -0.2) is 4.79 Å². The molecule has 0 bridgehead atoms. The number of methoxy groups -OCH3 is 1. The monoisotopic (exact) mass is 390 g/mol. The van der Waals surface area contributed by atoms with E-state index in [1.165, 1.54) is 6.07 Å². The van der Waals surface area contributed by atoms with E-state index in [1.54, 1.807) is 6.07 Å². The van der Waals surface area contributed by atoms with E-state index in [4.69, 9.17) is 11.6 Å². The number of nitrogens with one attached hydrogen (secondary N) is 1. The zero-order valence-electron chi connectivity index (χ0n) is 15.2. The van der Waals surface area contributed by atoms with Crippen LogP contribution in [0.1, 0.15) is 45.7 Å². The molecule has 0 radical (unpaired) electrons. The van der Waals surface area contributed by atoms with Crippen molar-refractivity contribution in [1.82, 2.24) is 0 Å². The number of non-ortho nitro benzene ring substituents is 1. The van der Waals surface area contributed by atoms with Crippen molar-refractivity contribution in [2.75, 3.05) is 12.4 Å². The lowest BCUT2D eigenvalue weighted by Gasteiger charge is -2.16. The maximum Gasteiger partial charge on any atom is 0.338 e. The normalized spacial score (nSPS) is 10.4. The Kier molecular flexibility index (Phi) is 6.52. The van der Waals surface area contributed by atoms with Gasteiger partial charge in [0.1, 0.15) is 0 Å². The molecule has 2 rings (SSSR count). The summed E-state index contributed by atoms with van der Waals surface area (Å²) < 4.78 is 4.60. The van der Waals surface area contributed by atoms with Crippen LogP contribution in [-0.4, -0.2) is 23.9 Å². The van der Waals surface area contributed by atoms with Crippen molar-refractivity contribution in [3.8, 4) is 0 Å². The van der Waals surface area contributed by atoms with E-state index in [0.717, 1.165) is 30.4 Å². The Balaban J connectivity index is 2.50. The van der Waals surface area contributed by atoms with Crippen LogP contribution in [0, 0.1) is 10.1 Å². The minimum Gasteiger partial charge on any atom is -0.465 e. The number of benzene rings is 2. The largest absolute Gasteiger partial charge is 0.465 e. The first kappa shape index (κ1) is 20.4. The van der Waals surface area contributed by atoms with E-state index in [1.807, 2.05) is 19.9 Å². The number of nitrogens with zero attached hydrogens (tertiary/aromatic N) is 1. The number of halogens is 1.